The van der Waals surface area contributed by atoms with Crippen LogP contribution in [0.4, 0.5) is 0 Å². The van der Waals surface area contributed by atoms with Crippen LogP contribution in [-0.4, -0.2) is 29.1 Å². The number of esters is 1. The summed E-state index contributed by atoms with van der Waals surface area (Å²) in [6, 6.07) is 27.4. The van der Waals surface area contributed by atoms with Crippen LogP contribution in [0.15, 0.2) is 83.3 Å². The van der Waals surface area contributed by atoms with Crippen LogP contribution in [-0.2, 0) is 24.2 Å². The number of fused-ring (bicyclic) bond motifs is 2. The zero-order chi connectivity index (χ0) is 29.6. The zero-order valence-corrected chi connectivity index (χ0v) is 26.5. The Bertz CT molecular complexity index is 1800. The van der Waals surface area contributed by atoms with Crippen molar-refractivity contribution in [2.75, 3.05) is 13.2 Å². The van der Waals surface area contributed by atoms with E-state index in [1.165, 1.54) is 0 Å². The summed E-state index contributed by atoms with van der Waals surface area (Å²) in [4.78, 5) is 21.3. The second-order valence-electron chi connectivity index (χ2n) is 10.5. The Morgan fingerprint density at radius 2 is 1.87 bits per heavy atom. The number of para-hydroxylation sites is 1. The maximum atomic E-state index is 12.1. The van der Waals surface area contributed by atoms with Gasteiger partial charge in [-0.05, 0) is 98.3 Å². The molecule has 2 heterocycles. The monoisotopic (exact) mass is 644 g/mol. The van der Waals surface area contributed by atoms with Crippen molar-refractivity contribution in [1.82, 2.24) is 15.3 Å². The number of aromatic nitrogens is 2. The molecule has 6 rings (SSSR count). The number of hydrogen-bond acceptors (Lipinski definition) is 8. The summed E-state index contributed by atoms with van der Waals surface area (Å²) in [5.74, 6) is 1.02. The fourth-order valence-electron chi connectivity index (χ4n) is 5.45. The molecule has 1 aliphatic carbocycles. The molecule has 5 aromatic rings. The summed E-state index contributed by atoms with van der Waals surface area (Å²) < 4.78 is 17.2. The molecule has 0 saturated heterocycles. The van der Waals surface area contributed by atoms with Crippen LogP contribution in [0, 0.1) is 11.3 Å². The van der Waals surface area contributed by atoms with E-state index >= 15 is 0 Å². The largest absolute Gasteiger partial charge is 0.489 e. The van der Waals surface area contributed by atoms with E-state index in [0.29, 0.717) is 41.5 Å². The van der Waals surface area contributed by atoms with Gasteiger partial charge in [-0.25, -0.2) is 14.8 Å². The van der Waals surface area contributed by atoms with Crippen LogP contribution in [0.25, 0.3) is 22.6 Å². The second kappa shape index (κ2) is 15.5. The minimum Gasteiger partial charge on any atom is -0.489 e. The van der Waals surface area contributed by atoms with E-state index in [1.807, 2.05) is 48.5 Å². The average Bonchev–Trinajstić information content (AvgIpc) is 3.48. The summed E-state index contributed by atoms with van der Waals surface area (Å²) in [5, 5.41) is 12.8. The molecule has 232 valence electrons. The van der Waals surface area contributed by atoms with Gasteiger partial charge < -0.3 is 19.2 Å². The van der Waals surface area contributed by atoms with Crippen LogP contribution in [0.5, 0.6) is 5.75 Å². The van der Waals surface area contributed by atoms with Gasteiger partial charge in [-0.1, -0.05) is 36.4 Å². The molecule has 10 heteroatoms. The fourth-order valence-corrected chi connectivity index (χ4v) is 5.45. The highest BCUT2D eigenvalue weighted by atomic mass is 35.5. The normalized spacial score (nSPS) is 13.6. The lowest BCUT2D eigenvalue weighted by atomic mass is 9.91. The third kappa shape index (κ3) is 7.81. The third-order valence-corrected chi connectivity index (χ3v) is 7.65. The van der Waals surface area contributed by atoms with Crippen molar-refractivity contribution in [3.8, 4) is 23.3 Å². The molecule has 1 aliphatic rings. The number of ether oxygens (including phenoxy) is 2. The molecule has 0 spiro atoms. The molecule has 2 aromatic heterocycles. The Morgan fingerprint density at radius 1 is 1.04 bits per heavy atom. The minimum absolute atomic E-state index is 0. The van der Waals surface area contributed by atoms with Gasteiger partial charge >= 0.3 is 5.97 Å². The standard InChI is InChI=1S/C35H32N4O4.2ClH/c1-2-41-35(40)30-16-15-27-28(7-5-8-29(27)38-30)37-19-18-25-6-3-4-9-32(25)42-22-23-10-13-26(14-11-23)34-39-31-20-24(21-36)12-17-33(31)43-34;;/h3-4,6,9-17,20,28,37H,2,5,7-8,18-19,22H2,1H3;2*1H. The van der Waals surface area contributed by atoms with Crippen molar-refractivity contribution in [3.63, 3.8) is 0 Å². The summed E-state index contributed by atoms with van der Waals surface area (Å²) in [7, 11) is 0. The maximum Gasteiger partial charge on any atom is 0.356 e. The minimum atomic E-state index is -0.368. The van der Waals surface area contributed by atoms with Crippen LogP contribution >= 0.6 is 24.8 Å². The predicted octanol–water partition coefficient (Wildman–Crippen LogP) is 7.57. The molecule has 45 heavy (non-hydrogen) atoms. The highest BCUT2D eigenvalue weighted by Crippen LogP contribution is 2.30. The Balaban J connectivity index is 0.00000230. The number of pyridine rings is 1. The average molecular weight is 646 g/mol. The topological polar surface area (TPSA) is 110 Å². The number of oxazole rings is 1. The van der Waals surface area contributed by atoms with Gasteiger partial charge in [0.15, 0.2) is 5.58 Å². The molecule has 0 amide bonds. The van der Waals surface area contributed by atoms with Crippen LogP contribution in [0.2, 0.25) is 0 Å². The molecular weight excluding hydrogens is 611 g/mol. The predicted molar refractivity (Wildman–Crippen MR) is 177 cm³/mol. The lowest BCUT2D eigenvalue weighted by molar-refractivity contribution is 0.0519. The van der Waals surface area contributed by atoms with Crippen molar-refractivity contribution < 1.29 is 18.7 Å². The SMILES string of the molecule is CCOC(=O)c1ccc2c(n1)CCCC2NCCc1ccccc1OCc1ccc(-c2nc3cc(C#N)ccc3o2)cc1.Cl.Cl. The molecule has 3 aromatic carbocycles. The van der Waals surface area contributed by atoms with Gasteiger partial charge in [-0.3, -0.25) is 0 Å². The number of hydrogen-bond donors (Lipinski definition) is 1. The van der Waals surface area contributed by atoms with Gasteiger partial charge in [0.25, 0.3) is 0 Å². The van der Waals surface area contributed by atoms with Crippen LogP contribution < -0.4 is 10.1 Å². The molecule has 0 fully saturated rings. The van der Waals surface area contributed by atoms with E-state index in [1.54, 1.807) is 31.2 Å². The van der Waals surface area contributed by atoms with Gasteiger partial charge in [0.2, 0.25) is 5.89 Å². The number of nitrogens with zero attached hydrogens (tertiary/aromatic N) is 3. The molecule has 0 saturated carbocycles. The van der Waals surface area contributed by atoms with Gasteiger partial charge in [0, 0.05) is 17.3 Å². The molecule has 0 bridgehead atoms. The number of nitriles is 1. The summed E-state index contributed by atoms with van der Waals surface area (Å²) in [6.45, 7) is 3.37. The number of nitrogens with one attached hydrogen (secondary N) is 1. The van der Waals surface area contributed by atoms with Gasteiger partial charge in [-0.15, -0.1) is 24.8 Å². The molecule has 1 N–H and O–H groups in total. The lowest BCUT2D eigenvalue weighted by Gasteiger charge is -2.26. The molecule has 1 unspecified atom stereocenters. The number of carbonyl (C=O) groups excluding carboxylic acids is 1. The Hall–Kier alpha value is -4.42. The smallest absolute Gasteiger partial charge is 0.356 e. The van der Waals surface area contributed by atoms with Crippen molar-refractivity contribution >= 4 is 41.9 Å². The lowest BCUT2D eigenvalue weighted by Crippen LogP contribution is -2.28. The van der Waals surface area contributed by atoms with Crippen molar-refractivity contribution in [2.24, 2.45) is 0 Å². The van der Waals surface area contributed by atoms with E-state index in [0.717, 1.165) is 65.9 Å². The number of halogens is 2. The van der Waals surface area contributed by atoms with E-state index < -0.39 is 0 Å². The van der Waals surface area contributed by atoms with E-state index in [-0.39, 0.29) is 36.8 Å². The van der Waals surface area contributed by atoms with Gasteiger partial charge in [-0.2, -0.15) is 5.26 Å². The molecular formula is C35H34Cl2N4O4. The maximum absolute atomic E-state index is 12.1. The first kappa shape index (κ1) is 33.5. The van der Waals surface area contributed by atoms with E-state index in [2.05, 4.69) is 27.4 Å². The van der Waals surface area contributed by atoms with Crippen LogP contribution in [0.1, 0.15) is 64.2 Å². The summed E-state index contributed by atoms with van der Waals surface area (Å²) >= 11 is 0. The van der Waals surface area contributed by atoms with Crippen LogP contribution in [0.3, 0.4) is 0 Å². The van der Waals surface area contributed by atoms with Crippen molar-refractivity contribution in [2.45, 2.75) is 45.3 Å². The fraction of sp³-hybridized carbons (Fsp3) is 0.257. The molecule has 1 atom stereocenters. The summed E-state index contributed by atoms with van der Waals surface area (Å²) in [6.07, 6.45) is 3.75. The second-order valence-corrected chi connectivity index (χ2v) is 10.5. The van der Waals surface area contributed by atoms with Gasteiger partial charge in [0.1, 0.15) is 23.6 Å². The highest BCUT2D eigenvalue weighted by molar-refractivity contribution is 5.87. The quantitative estimate of drug-likeness (QED) is 0.155. The van der Waals surface area contributed by atoms with E-state index in [9.17, 15) is 4.79 Å². The molecule has 8 nitrogen and oxygen atoms in total. The zero-order valence-electron chi connectivity index (χ0n) is 24.8. The number of carbonyl (C=O) groups is 1. The molecule has 0 aliphatic heterocycles. The number of rotatable bonds is 10. The third-order valence-electron chi connectivity index (χ3n) is 7.65. The number of benzene rings is 3. The molecule has 0 radical (unpaired) electrons. The Kier molecular flexibility index (Phi) is 11.6. The first-order valence-corrected chi connectivity index (χ1v) is 14.6. The van der Waals surface area contributed by atoms with E-state index in [4.69, 9.17) is 19.2 Å². The van der Waals surface area contributed by atoms with Crippen molar-refractivity contribution in [1.29, 1.82) is 5.26 Å². The Morgan fingerprint density at radius 3 is 2.67 bits per heavy atom. The van der Waals surface area contributed by atoms with Crippen molar-refractivity contribution in [3.05, 3.63) is 113 Å². The number of aryl methyl sites for hydroxylation is 1. The highest BCUT2D eigenvalue weighted by Gasteiger charge is 2.23. The van der Waals surface area contributed by atoms with Gasteiger partial charge in [0.05, 0.1) is 18.2 Å². The first-order valence-electron chi connectivity index (χ1n) is 14.6. The first-order chi connectivity index (χ1) is 21.1. The summed E-state index contributed by atoms with van der Waals surface area (Å²) in [5.41, 5.74) is 7.43. The Labute approximate surface area is 274 Å².